The second-order valence-electron chi connectivity index (χ2n) is 6.99. The summed E-state index contributed by atoms with van der Waals surface area (Å²) < 4.78 is 2.33. The van der Waals surface area contributed by atoms with E-state index in [1.165, 1.54) is 29.4 Å². The Morgan fingerprint density at radius 3 is 2.67 bits per heavy atom. The van der Waals surface area contributed by atoms with Crippen molar-refractivity contribution in [3.63, 3.8) is 0 Å². The van der Waals surface area contributed by atoms with Crippen LogP contribution in [-0.4, -0.2) is 26.6 Å². The highest BCUT2D eigenvalue weighted by atomic mass is 16.2. The standard InChI is InChI=1S/C20H20N4O3/c1-12-6-7-16-13(9-12)5-4-8-24(16)18(25)14-10-15-17(21-11-14)22(2)20(27)23(3)19(15)26/h6-7,9-11H,4-5,8H2,1-3H3. The first-order valence-corrected chi connectivity index (χ1v) is 8.85. The lowest BCUT2D eigenvalue weighted by molar-refractivity contribution is 0.0985. The van der Waals surface area contributed by atoms with E-state index in [1.54, 1.807) is 11.9 Å². The Morgan fingerprint density at radius 1 is 1.11 bits per heavy atom. The Hall–Kier alpha value is -3.22. The molecule has 0 radical (unpaired) electrons. The largest absolute Gasteiger partial charge is 0.332 e. The van der Waals surface area contributed by atoms with Crippen LogP contribution in [0, 0.1) is 6.92 Å². The van der Waals surface area contributed by atoms with Gasteiger partial charge >= 0.3 is 5.69 Å². The van der Waals surface area contributed by atoms with Crippen molar-refractivity contribution in [3.8, 4) is 0 Å². The molecule has 7 heteroatoms. The fourth-order valence-electron chi connectivity index (χ4n) is 3.68. The number of rotatable bonds is 1. The van der Waals surface area contributed by atoms with Gasteiger partial charge in [-0.05, 0) is 37.5 Å². The first kappa shape index (κ1) is 17.2. The van der Waals surface area contributed by atoms with Crippen molar-refractivity contribution in [2.75, 3.05) is 11.4 Å². The number of aryl methyl sites for hydroxylation is 3. The molecule has 0 saturated heterocycles. The van der Waals surface area contributed by atoms with Crippen LogP contribution in [0.4, 0.5) is 5.69 Å². The zero-order chi connectivity index (χ0) is 19.3. The van der Waals surface area contributed by atoms with Gasteiger partial charge in [-0.3, -0.25) is 18.7 Å². The van der Waals surface area contributed by atoms with Crippen molar-refractivity contribution in [1.29, 1.82) is 0 Å². The molecule has 4 rings (SSSR count). The molecule has 1 aromatic carbocycles. The Labute approximate surface area is 155 Å². The second-order valence-corrected chi connectivity index (χ2v) is 6.99. The topological polar surface area (TPSA) is 77.2 Å². The minimum atomic E-state index is -0.454. The molecule has 3 aromatic rings. The van der Waals surface area contributed by atoms with Gasteiger partial charge in [0, 0.05) is 32.5 Å². The number of anilines is 1. The molecule has 0 spiro atoms. The maximum atomic E-state index is 13.1. The number of carbonyl (C=O) groups is 1. The first-order valence-electron chi connectivity index (χ1n) is 8.85. The van der Waals surface area contributed by atoms with Crippen LogP contribution in [0.1, 0.15) is 27.9 Å². The quantitative estimate of drug-likeness (QED) is 0.656. The van der Waals surface area contributed by atoms with Crippen molar-refractivity contribution < 1.29 is 4.79 Å². The van der Waals surface area contributed by atoms with Gasteiger partial charge in [0.2, 0.25) is 0 Å². The van der Waals surface area contributed by atoms with Gasteiger partial charge in [-0.25, -0.2) is 9.78 Å². The summed E-state index contributed by atoms with van der Waals surface area (Å²) in [6.45, 7) is 2.66. The molecule has 0 saturated carbocycles. The second kappa shape index (κ2) is 6.19. The number of hydrogen-bond acceptors (Lipinski definition) is 4. The zero-order valence-corrected chi connectivity index (χ0v) is 15.5. The molecule has 1 aliphatic heterocycles. The maximum absolute atomic E-state index is 13.1. The lowest BCUT2D eigenvalue weighted by atomic mass is 9.99. The third-order valence-corrected chi connectivity index (χ3v) is 5.14. The molecule has 7 nitrogen and oxygen atoms in total. The molecule has 0 bridgehead atoms. The average molecular weight is 364 g/mol. The van der Waals surface area contributed by atoms with Crippen molar-refractivity contribution in [1.82, 2.24) is 14.1 Å². The minimum absolute atomic E-state index is 0.190. The number of pyridine rings is 1. The minimum Gasteiger partial charge on any atom is -0.308 e. The van der Waals surface area contributed by atoms with E-state index in [2.05, 4.69) is 11.1 Å². The summed E-state index contributed by atoms with van der Waals surface area (Å²) in [5.41, 5.74) is 2.94. The molecule has 0 atom stereocenters. The van der Waals surface area contributed by atoms with Crippen LogP contribution in [-0.2, 0) is 20.5 Å². The van der Waals surface area contributed by atoms with Crippen molar-refractivity contribution in [2.24, 2.45) is 14.1 Å². The van der Waals surface area contributed by atoms with E-state index in [4.69, 9.17) is 0 Å². The number of nitrogens with zero attached hydrogens (tertiary/aromatic N) is 4. The van der Waals surface area contributed by atoms with E-state index in [0.717, 1.165) is 28.7 Å². The molecule has 1 amide bonds. The van der Waals surface area contributed by atoms with E-state index in [0.29, 0.717) is 12.1 Å². The Bertz CT molecular complexity index is 1210. The monoisotopic (exact) mass is 364 g/mol. The summed E-state index contributed by atoms with van der Waals surface area (Å²) in [7, 11) is 2.98. The van der Waals surface area contributed by atoms with Crippen LogP contribution < -0.4 is 16.1 Å². The molecule has 27 heavy (non-hydrogen) atoms. The highest BCUT2D eigenvalue weighted by molar-refractivity contribution is 6.07. The predicted molar refractivity (Wildman–Crippen MR) is 103 cm³/mol. The molecular formula is C20H20N4O3. The molecule has 0 fully saturated rings. The predicted octanol–water partition coefficient (Wildman–Crippen LogP) is 1.53. The van der Waals surface area contributed by atoms with Gasteiger partial charge in [0.25, 0.3) is 11.5 Å². The fourth-order valence-corrected chi connectivity index (χ4v) is 3.68. The highest BCUT2D eigenvalue weighted by Crippen LogP contribution is 2.29. The van der Waals surface area contributed by atoms with Crippen LogP contribution in [0.5, 0.6) is 0 Å². The number of aromatic nitrogens is 3. The number of carbonyl (C=O) groups excluding carboxylic acids is 1. The molecule has 0 aliphatic carbocycles. The maximum Gasteiger partial charge on any atom is 0.332 e. The van der Waals surface area contributed by atoms with E-state index < -0.39 is 11.2 Å². The van der Waals surface area contributed by atoms with Crippen LogP contribution >= 0.6 is 0 Å². The van der Waals surface area contributed by atoms with Crippen LogP contribution in [0.15, 0.2) is 40.1 Å². The summed E-state index contributed by atoms with van der Waals surface area (Å²) in [6, 6.07) is 7.61. The fraction of sp³-hybridized carbons (Fsp3) is 0.300. The summed E-state index contributed by atoms with van der Waals surface area (Å²) in [6.07, 6.45) is 3.27. The third kappa shape index (κ3) is 2.66. The summed E-state index contributed by atoms with van der Waals surface area (Å²) in [4.78, 5) is 43.6. The van der Waals surface area contributed by atoms with Gasteiger partial charge in [0.1, 0.15) is 5.65 Å². The van der Waals surface area contributed by atoms with Crippen molar-refractivity contribution in [3.05, 3.63) is 68.0 Å². The Balaban J connectivity index is 1.83. The molecular weight excluding hydrogens is 344 g/mol. The van der Waals surface area contributed by atoms with E-state index >= 15 is 0 Å². The van der Waals surface area contributed by atoms with E-state index in [9.17, 15) is 14.4 Å². The van der Waals surface area contributed by atoms with Crippen LogP contribution in [0.25, 0.3) is 11.0 Å². The van der Waals surface area contributed by atoms with Gasteiger partial charge in [-0.2, -0.15) is 0 Å². The summed E-state index contributed by atoms with van der Waals surface area (Å²) >= 11 is 0. The van der Waals surface area contributed by atoms with Gasteiger partial charge < -0.3 is 4.90 Å². The SMILES string of the molecule is Cc1ccc2c(c1)CCCN2C(=O)c1cnc2c(c1)c(=O)n(C)c(=O)n2C. The number of fused-ring (bicyclic) bond motifs is 2. The zero-order valence-electron chi connectivity index (χ0n) is 15.5. The summed E-state index contributed by atoms with van der Waals surface area (Å²) in [5.74, 6) is -0.190. The first-order chi connectivity index (χ1) is 12.9. The lowest BCUT2D eigenvalue weighted by Crippen LogP contribution is -2.38. The molecule has 138 valence electrons. The van der Waals surface area contributed by atoms with E-state index in [-0.39, 0.29) is 16.9 Å². The molecule has 3 heterocycles. The molecule has 1 aliphatic rings. The van der Waals surface area contributed by atoms with Crippen LogP contribution in [0.2, 0.25) is 0 Å². The van der Waals surface area contributed by atoms with Crippen LogP contribution in [0.3, 0.4) is 0 Å². The summed E-state index contributed by atoms with van der Waals surface area (Å²) in [5, 5.41) is 0.256. The smallest absolute Gasteiger partial charge is 0.308 e. The number of benzene rings is 1. The normalized spacial score (nSPS) is 13.7. The van der Waals surface area contributed by atoms with Gasteiger partial charge in [0.05, 0.1) is 10.9 Å². The highest BCUT2D eigenvalue weighted by Gasteiger charge is 2.24. The van der Waals surface area contributed by atoms with Crippen molar-refractivity contribution in [2.45, 2.75) is 19.8 Å². The number of hydrogen-bond donors (Lipinski definition) is 0. The Kier molecular flexibility index (Phi) is 3.95. The average Bonchev–Trinajstić information content (AvgIpc) is 2.69. The Morgan fingerprint density at radius 2 is 1.89 bits per heavy atom. The molecule has 0 unspecified atom stereocenters. The lowest BCUT2D eigenvalue weighted by Gasteiger charge is -2.29. The van der Waals surface area contributed by atoms with Gasteiger partial charge in [0.15, 0.2) is 0 Å². The third-order valence-electron chi connectivity index (χ3n) is 5.14. The molecule has 2 aromatic heterocycles. The van der Waals surface area contributed by atoms with Gasteiger partial charge in [-0.1, -0.05) is 17.7 Å². The van der Waals surface area contributed by atoms with Gasteiger partial charge in [-0.15, -0.1) is 0 Å². The molecule has 0 N–H and O–H groups in total. The van der Waals surface area contributed by atoms with Crippen molar-refractivity contribution >= 4 is 22.6 Å². The van der Waals surface area contributed by atoms with E-state index in [1.807, 2.05) is 19.1 Å². The number of amides is 1.